The highest BCUT2D eigenvalue weighted by Gasteiger charge is 1.94. The Bertz CT molecular complexity index is 353. The van der Waals surface area contributed by atoms with Gasteiger partial charge in [0.1, 0.15) is 5.15 Å². The molecular weight excluding hydrogens is 148 g/mol. The third-order valence-electron chi connectivity index (χ3n) is 1.41. The van der Waals surface area contributed by atoms with E-state index in [1.807, 2.05) is 22.7 Å². The fourth-order valence-electron chi connectivity index (χ4n) is 0.925. The maximum Gasteiger partial charge on any atom is 0.113 e. The Balaban J connectivity index is 2.93. The first-order valence-corrected chi connectivity index (χ1v) is 3.32. The molecule has 0 aliphatic rings. The topological polar surface area (TPSA) is 17.3 Å². The second-order valence-electron chi connectivity index (χ2n) is 2.03. The molecule has 0 saturated heterocycles. The quantitative estimate of drug-likeness (QED) is 0.564. The zero-order valence-electron chi connectivity index (χ0n) is 5.16. The molecule has 10 heavy (non-hydrogen) atoms. The van der Waals surface area contributed by atoms with Crippen LogP contribution < -0.4 is 0 Å². The molecule has 3 heteroatoms. The first-order valence-electron chi connectivity index (χ1n) is 2.94. The number of halogens is 1. The van der Waals surface area contributed by atoms with Crippen molar-refractivity contribution in [3.05, 3.63) is 35.9 Å². The van der Waals surface area contributed by atoms with Crippen molar-refractivity contribution < 1.29 is 0 Å². The van der Waals surface area contributed by atoms with Crippen LogP contribution in [0.4, 0.5) is 0 Å². The molecule has 0 unspecified atom stereocenters. The summed E-state index contributed by atoms with van der Waals surface area (Å²) in [6, 6.07) is 3.77. The fourth-order valence-corrected chi connectivity index (χ4v) is 1.14. The third kappa shape index (κ3) is 0.693. The minimum Gasteiger partial charge on any atom is -0.305 e. The van der Waals surface area contributed by atoms with Crippen LogP contribution >= 0.6 is 11.6 Å². The lowest BCUT2D eigenvalue weighted by Crippen LogP contribution is -1.81. The van der Waals surface area contributed by atoms with E-state index >= 15 is 0 Å². The van der Waals surface area contributed by atoms with E-state index < -0.39 is 0 Å². The van der Waals surface area contributed by atoms with E-state index in [0.29, 0.717) is 0 Å². The van der Waals surface area contributed by atoms with Gasteiger partial charge in [-0.1, -0.05) is 11.6 Å². The Morgan fingerprint density at radius 3 is 3.10 bits per heavy atom. The van der Waals surface area contributed by atoms with Gasteiger partial charge < -0.3 is 4.40 Å². The summed E-state index contributed by atoms with van der Waals surface area (Å²) in [4.78, 5) is 3.95. The number of rotatable bonds is 0. The van der Waals surface area contributed by atoms with E-state index in [0.717, 1.165) is 10.7 Å². The predicted octanol–water partition coefficient (Wildman–Crippen LogP) is 1.99. The smallest absolute Gasteiger partial charge is 0.113 e. The molecule has 50 valence electrons. The molecule has 0 bridgehead atoms. The van der Waals surface area contributed by atoms with E-state index in [1.54, 1.807) is 12.4 Å². The second-order valence-corrected chi connectivity index (χ2v) is 2.41. The molecule has 0 aliphatic carbocycles. The number of nitrogens with zero attached hydrogens (tertiary/aromatic N) is 2. The van der Waals surface area contributed by atoms with Gasteiger partial charge in [0.15, 0.2) is 0 Å². The monoisotopic (exact) mass is 152 g/mol. The van der Waals surface area contributed by atoms with Crippen LogP contribution in [-0.2, 0) is 0 Å². The third-order valence-corrected chi connectivity index (χ3v) is 1.72. The molecule has 0 spiro atoms. The lowest BCUT2D eigenvalue weighted by Gasteiger charge is -1.91. The van der Waals surface area contributed by atoms with Crippen LogP contribution in [0, 0.1) is 0 Å². The highest BCUT2D eigenvalue weighted by atomic mass is 35.5. The maximum absolute atomic E-state index is 5.81. The van der Waals surface area contributed by atoms with Gasteiger partial charge in [-0.15, -0.1) is 0 Å². The summed E-state index contributed by atoms with van der Waals surface area (Å²) in [5, 5.41) is 0.720. The molecule has 2 rings (SSSR count). The number of aromatic nitrogens is 2. The van der Waals surface area contributed by atoms with Crippen LogP contribution in [0.5, 0.6) is 0 Å². The minimum absolute atomic E-state index is 0.720. The Morgan fingerprint density at radius 2 is 2.30 bits per heavy atom. The standard InChI is InChI=1S/C7H5ClN2/c8-7-2-1-6-5-9-3-4-10(6)7/h1-5H. The summed E-state index contributed by atoms with van der Waals surface area (Å²) in [5.41, 5.74) is 1.02. The summed E-state index contributed by atoms with van der Waals surface area (Å²) in [6.45, 7) is 0. The first-order chi connectivity index (χ1) is 4.88. The lowest BCUT2D eigenvalue weighted by atomic mass is 10.5. The van der Waals surface area contributed by atoms with Gasteiger partial charge in [0.25, 0.3) is 0 Å². The van der Waals surface area contributed by atoms with Gasteiger partial charge in [-0.05, 0) is 12.1 Å². The molecule has 0 saturated carbocycles. The van der Waals surface area contributed by atoms with Crippen molar-refractivity contribution in [2.45, 2.75) is 0 Å². The molecule has 2 aromatic rings. The van der Waals surface area contributed by atoms with Gasteiger partial charge in [0.2, 0.25) is 0 Å². The molecule has 0 aromatic carbocycles. The Morgan fingerprint density at radius 1 is 1.40 bits per heavy atom. The van der Waals surface area contributed by atoms with Gasteiger partial charge in [-0.2, -0.15) is 0 Å². The first kappa shape index (κ1) is 5.74. The normalized spacial score (nSPS) is 10.5. The number of hydrogen-bond acceptors (Lipinski definition) is 1. The highest BCUT2D eigenvalue weighted by molar-refractivity contribution is 6.30. The Kier molecular flexibility index (Phi) is 1.14. The van der Waals surface area contributed by atoms with E-state index in [1.165, 1.54) is 0 Å². The van der Waals surface area contributed by atoms with Crippen molar-refractivity contribution in [2.24, 2.45) is 0 Å². The van der Waals surface area contributed by atoms with Crippen LogP contribution in [0.25, 0.3) is 5.52 Å². The van der Waals surface area contributed by atoms with E-state index in [-0.39, 0.29) is 0 Å². The zero-order chi connectivity index (χ0) is 6.97. The number of hydrogen-bond donors (Lipinski definition) is 0. The van der Waals surface area contributed by atoms with Crippen LogP contribution in [0.15, 0.2) is 30.7 Å². The lowest BCUT2D eigenvalue weighted by molar-refractivity contribution is 1.14. The van der Waals surface area contributed by atoms with Crippen molar-refractivity contribution >= 4 is 17.1 Å². The highest BCUT2D eigenvalue weighted by Crippen LogP contribution is 2.12. The summed E-state index contributed by atoms with van der Waals surface area (Å²) >= 11 is 5.81. The molecule has 0 N–H and O–H groups in total. The number of fused-ring (bicyclic) bond motifs is 1. The van der Waals surface area contributed by atoms with Crippen molar-refractivity contribution in [2.75, 3.05) is 0 Å². The second kappa shape index (κ2) is 1.99. The van der Waals surface area contributed by atoms with Crippen LogP contribution in [0.3, 0.4) is 0 Å². The molecule has 0 fully saturated rings. The van der Waals surface area contributed by atoms with E-state index in [2.05, 4.69) is 4.98 Å². The average molecular weight is 153 g/mol. The SMILES string of the molecule is Clc1ccc2cnccn12. The summed E-state index contributed by atoms with van der Waals surface area (Å²) in [7, 11) is 0. The molecule has 0 aliphatic heterocycles. The minimum atomic E-state index is 0.720. The van der Waals surface area contributed by atoms with Gasteiger partial charge in [-0.25, -0.2) is 0 Å². The average Bonchev–Trinajstić information content (AvgIpc) is 2.34. The summed E-state index contributed by atoms with van der Waals surface area (Å²) in [6.07, 6.45) is 5.31. The summed E-state index contributed by atoms with van der Waals surface area (Å²) < 4.78 is 1.87. The molecule has 0 amide bonds. The molecule has 2 heterocycles. The molecule has 2 nitrogen and oxygen atoms in total. The summed E-state index contributed by atoms with van der Waals surface area (Å²) in [5.74, 6) is 0. The maximum atomic E-state index is 5.81. The molecule has 0 atom stereocenters. The molecule has 0 radical (unpaired) electrons. The predicted molar refractivity (Wildman–Crippen MR) is 40.2 cm³/mol. The zero-order valence-corrected chi connectivity index (χ0v) is 5.92. The van der Waals surface area contributed by atoms with Crippen LogP contribution in [0.2, 0.25) is 5.15 Å². The van der Waals surface area contributed by atoms with Crippen LogP contribution in [0.1, 0.15) is 0 Å². The van der Waals surface area contributed by atoms with Crippen molar-refractivity contribution in [3.8, 4) is 0 Å². The van der Waals surface area contributed by atoms with E-state index in [4.69, 9.17) is 11.6 Å². The van der Waals surface area contributed by atoms with Crippen molar-refractivity contribution in [1.82, 2.24) is 9.38 Å². The van der Waals surface area contributed by atoms with Crippen molar-refractivity contribution in [1.29, 1.82) is 0 Å². The fraction of sp³-hybridized carbons (Fsp3) is 0. The van der Waals surface area contributed by atoms with Gasteiger partial charge in [0.05, 0.1) is 11.7 Å². The van der Waals surface area contributed by atoms with Crippen molar-refractivity contribution in [3.63, 3.8) is 0 Å². The Labute approximate surface area is 63.1 Å². The van der Waals surface area contributed by atoms with Gasteiger partial charge in [0, 0.05) is 12.4 Å². The Hall–Kier alpha value is -1.02. The molecule has 2 aromatic heterocycles. The van der Waals surface area contributed by atoms with Gasteiger partial charge in [-0.3, -0.25) is 4.98 Å². The molecular formula is C7H5ClN2. The van der Waals surface area contributed by atoms with E-state index in [9.17, 15) is 0 Å². The van der Waals surface area contributed by atoms with Crippen LogP contribution in [-0.4, -0.2) is 9.38 Å². The van der Waals surface area contributed by atoms with Gasteiger partial charge >= 0.3 is 0 Å². The largest absolute Gasteiger partial charge is 0.305 e.